The second kappa shape index (κ2) is 7.90. The Labute approximate surface area is 146 Å². The molecule has 3 rings (SSSR count). The maximum absolute atomic E-state index is 12.3. The number of carbonyl (C=O) groups excluding carboxylic acids is 1. The van der Waals surface area contributed by atoms with E-state index in [-0.39, 0.29) is 12.0 Å². The van der Waals surface area contributed by atoms with Gasteiger partial charge in [0.25, 0.3) is 5.91 Å². The quantitative estimate of drug-likeness (QED) is 0.838. The molecule has 1 amide bonds. The van der Waals surface area contributed by atoms with Crippen LogP contribution in [0, 0.1) is 0 Å². The normalized spacial score (nSPS) is 17.4. The summed E-state index contributed by atoms with van der Waals surface area (Å²) < 4.78 is 7.68. The van der Waals surface area contributed by atoms with E-state index >= 15 is 0 Å². The summed E-state index contributed by atoms with van der Waals surface area (Å²) in [4.78, 5) is 16.8. The minimum Gasteiger partial charge on any atom is -0.365 e. The Morgan fingerprint density at radius 2 is 2.12 bits per heavy atom. The number of amides is 1. The Bertz CT molecular complexity index is 674. The number of hydrogen-bond acceptors (Lipinski definition) is 5. The Kier molecular flexibility index (Phi) is 5.63. The van der Waals surface area contributed by atoms with Gasteiger partial charge in [0.05, 0.1) is 18.0 Å². The molecule has 1 saturated carbocycles. The number of carbonyl (C=O) groups is 1. The third-order valence-electron chi connectivity index (χ3n) is 4.30. The van der Waals surface area contributed by atoms with Crippen LogP contribution in [0.25, 0.3) is 11.3 Å². The van der Waals surface area contributed by atoms with Crippen molar-refractivity contribution in [2.24, 2.45) is 7.05 Å². The molecule has 1 aliphatic carbocycles. The van der Waals surface area contributed by atoms with Gasteiger partial charge in [0.1, 0.15) is 6.10 Å². The first kappa shape index (κ1) is 17.1. The van der Waals surface area contributed by atoms with Crippen LogP contribution in [-0.4, -0.2) is 32.9 Å². The topological polar surface area (TPSA) is 69.0 Å². The molecule has 1 N–H and O–H groups in total. The van der Waals surface area contributed by atoms with Gasteiger partial charge in [-0.25, -0.2) is 4.98 Å². The molecular weight excluding hydrogens is 324 g/mol. The first-order valence-corrected chi connectivity index (χ1v) is 9.40. The number of hydrogen-bond donors (Lipinski definition) is 1. The highest BCUT2D eigenvalue weighted by molar-refractivity contribution is 7.14. The van der Waals surface area contributed by atoms with Gasteiger partial charge in [-0.1, -0.05) is 25.7 Å². The number of nitrogens with one attached hydrogen (secondary N) is 1. The molecule has 0 unspecified atom stereocenters. The van der Waals surface area contributed by atoms with Crippen molar-refractivity contribution in [1.82, 2.24) is 14.8 Å². The molecule has 1 fully saturated rings. The van der Waals surface area contributed by atoms with Crippen molar-refractivity contribution in [3.8, 4) is 11.3 Å². The van der Waals surface area contributed by atoms with Gasteiger partial charge < -0.3 is 4.74 Å². The van der Waals surface area contributed by atoms with Crippen LogP contribution < -0.4 is 5.32 Å². The Hall–Kier alpha value is -1.73. The predicted octanol–water partition coefficient (Wildman–Crippen LogP) is 3.61. The smallest absolute Gasteiger partial charge is 0.255 e. The summed E-state index contributed by atoms with van der Waals surface area (Å²) in [6.45, 7) is 1.82. The molecular formula is C17H24N4O2S. The van der Waals surface area contributed by atoms with Gasteiger partial charge in [-0.2, -0.15) is 5.10 Å². The monoisotopic (exact) mass is 348 g/mol. The highest BCUT2D eigenvalue weighted by Crippen LogP contribution is 2.25. The molecule has 130 valence electrons. The standard InChI is InChI=1S/C17H24N4O2S/c1-12(23-14-7-5-3-4-6-8-14)16(22)20-17-19-15(11-24-17)13-9-18-21(2)10-13/h9-12,14H,3-8H2,1-2H3,(H,19,20,22)/t12-/m0/s1. The zero-order valence-electron chi connectivity index (χ0n) is 14.2. The van der Waals surface area contributed by atoms with E-state index in [2.05, 4.69) is 15.4 Å². The molecule has 0 aromatic carbocycles. The van der Waals surface area contributed by atoms with Gasteiger partial charge in [-0.15, -0.1) is 11.3 Å². The summed E-state index contributed by atoms with van der Waals surface area (Å²) in [6, 6.07) is 0. The van der Waals surface area contributed by atoms with Crippen LogP contribution in [0.3, 0.4) is 0 Å². The van der Waals surface area contributed by atoms with Gasteiger partial charge in [0.15, 0.2) is 5.13 Å². The van der Waals surface area contributed by atoms with E-state index in [1.807, 2.05) is 25.5 Å². The lowest BCUT2D eigenvalue weighted by molar-refractivity contribution is -0.130. The molecule has 24 heavy (non-hydrogen) atoms. The van der Waals surface area contributed by atoms with E-state index in [4.69, 9.17) is 4.74 Å². The van der Waals surface area contributed by atoms with Crippen molar-refractivity contribution in [1.29, 1.82) is 0 Å². The number of thiazole rings is 1. The third kappa shape index (κ3) is 4.42. The summed E-state index contributed by atoms with van der Waals surface area (Å²) in [5.74, 6) is -0.133. The predicted molar refractivity (Wildman–Crippen MR) is 95.0 cm³/mol. The first-order valence-electron chi connectivity index (χ1n) is 8.52. The summed E-state index contributed by atoms with van der Waals surface area (Å²) in [5, 5.41) is 9.51. The van der Waals surface area contributed by atoms with Gasteiger partial charge in [0, 0.05) is 24.2 Å². The molecule has 2 heterocycles. The van der Waals surface area contributed by atoms with Crippen molar-refractivity contribution >= 4 is 22.4 Å². The molecule has 2 aromatic rings. The van der Waals surface area contributed by atoms with E-state index in [9.17, 15) is 4.79 Å². The van der Waals surface area contributed by atoms with E-state index < -0.39 is 6.10 Å². The van der Waals surface area contributed by atoms with Crippen molar-refractivity contribution in [3.63, 3.8) is 0 Å². The van der Waals surface area contributed by atoms with Crippen molar-refractivity contribution in [3.05, 3.63) is 17.8 Å². The fourth-order valence-electron chi connectivity index (χ4n) is 2.95. The lowest BCUT2D eigenvalue weighted by Gasteiger charge is -2.20. The van der Waals surface area contributed by atoms with Crippen LogP contribution in [-0.2, 0) is 16.6 Å². The fourth-order valence-corrected chi connectivity index (χ4v) is 3.68. The van der Waals surface area contributed by atoms with Crippen LogP contribution in [0.2, 0.25) is 0 Å². The molecule has 7 heteroatoms. The number of ether oxygens (including phenoxy) is 1. The Morgan fingerprint density at radius 1 is 1.38 bits per heavy atom. The fraction of sp³-hybridized carbons (Fsp3) is 0.588. The number of aromatic nitrogens is 3. The van der Waals surface area contributed by atoms with E-state index in [1.165, 1.54) is 37.0 Å². The van der Waals surface area contributed by atoms with Crippen molar-refractivity contribution in [2.45, 2.75) is 57.7 Å². The molecule has 1 atom stereocenters. The number of rotatable bonds is 5. The summed E-state index contributed by atoms with van der Waals surface area (Å²) in [5.41, 5.74) is 1.76. The van der Waals surface area contributed by atoms with E-state index in [1.54, 1.807) is 10.9 Å². The Balaban J connectivity index is 1.55. The van der Waals surface area contributed by atoms with Crippen molar-refractivity contribution in [2.75, 3.05) is 5.32 Å². The van der Waals surface area contributed by atoms with E-state index in [0.717, 1.165) is 24.1 Å². The minimum atomic E-state index is -0.459. The zero-order chi connectivity index (χ0) is 16.9. The zero-order valence-corrected chi connectivity index (χ0v) is 15.0. The molecule has 0 aliphatic heterocycles. The molecule has 0 radical (unpaired) electrons. The SMILES string of the molecule is C[C@H](OC1CCCCCC1)C(=O)Nc1nc(-c2cnn(C)c2)cs1. The molecule has 2 aromatic heterocycles. The lowest BCUT2D eigenvalue weighted by atomic mass is 10.1. The highest BCUT2D eigenvalue weighted by atomic mass is 32.1. The van der Waals surface area contributed by atoms with Crippen LogP contribution >= 0.6 is 11.3 Å². The maximum Gasteiger partial charge on any atom is 0.255 e. The van der Waals surface area contributed by atoms with Gasteiger partial charge in [-0.3, -0.25) is 14.8 Å². The Morgan fingerprint density at radius 3 is 2.79 bits per heavy atom. The second-order valence-corrected chi connectivity index (χ2v) is 7.18. The van der Waals surface area contributed by atoms with E-state index in [0.29, 0.717) is 5.13 Å². The minimum absolute atomic E-state index is 0.133. The van der Waals surface area contributed by atoms with Crippen LogP contribution in [0.5, 0.6) is 0 Å². The summed E-state index contributed by atoms with van der Waals surface area (Å²) >= 11 is 1.41. The number of aryl methyl sites for hydroxylation is 1. The molecule has 0 spiro atoms. The molecule has 0 saturated heterocycles. The maximum atomic E-state index is 12.3. The summed E-state index contributed by atoms with van der Waals surface area (Å²) in [6.07, 6.45) is 10.5. The van der Waals surface area contributed by atoms with Crippen molar-refractivity contribution < 1.29 is 9.53 Å². The highest BCUT2D eigenvalue weighted by Gasteiger charge is 2.21. The number of nitrogens with zero attached hydrogens (tertiary/aromatic N) is 3. The molecule has 6 nitrogen and oxygen atoms in total. The second-order valence-electron chi connectivity index (χ2n) is 6.32. The van der Waals surface area contributed by atoms with Gasteiger partial charge >= 0.3 is 0 Å². The average molecular weight is 348 g/mol. The summed E-state index contributed by atoms with van der Waals surface area (Å²) in [7, 11) is 1.87. The van der Waals surface area contributed by atoms with Gasteiger partial charge in [0.2, 0.25) is 0 Å². The largest absolute Gasteiger partial charge is 0.365 e. The van der Waals surface area contributed by atoms with Crippen LogP contribution in [0.4, 0.5) is 5.13 Å². The lowest BCUT2D eigenvalue weighted by Crippen LogP contribution is -2.31. The molecule has 1 aliphatic rings. The van der Waals surface area contributed by atoms with Crippen LogP contribution in [0.1, 0.15) is 45.4 Å². The van der Waals surface area contributed by atoms with Gasteiger partial charge in [-0.05, 0) is 19.8 Å². The third-order valence-corrected chi connectivity index (χ3v) is 5.06. The van der Waals surface area contributed by atoms with Crippen LogP contribution in [0.15, 0.2) is 17.8 Å². The first-order chi connectivity index (χ1) is 11.6. The molecule has 0 bridgehead atoms. The number of anilines is 1. The average Bonchev–Trinajstić information content (AvgIpc) is 3.11.